The third kappa shape index (κ3) is 6.17. The molecule has 0 unspecified atom stereocenters. The number of benzene rings is 1. The van der Waals surface area contributed by atoms with Crippen molar-refractivity contribution < 1.29 is 19.1 Å². The summed E-state index contributed by atoms with van der Waals surface area (Å²) in [6, 6.07) is 9.88. The first-order valence-corrected chi connectivity index (χ1v) is 11.3. The van der Waals surface area contributed by atoms with Crippen LogP contribution < -0.4 is 10.9 Å². The van der Waals surface area contributed by atoms with E-state index in [0.717, 1.165) is 5.56 Å². The minimum Gasteiger partial charge on any atom is -0.444 e. The molecule has 10 heteroatoms. The number of pyridine rings is 1. The maximum Gasteiger partial charge on any atom is 0.410 e. The topological polar surface area (TPSA) is 101 Å². The predicted molar refractivity (Wildman–Crippen MR) is 128 cm³/mol. The van der Waals surface area contributed by atoms with Gasteiger partial charge in [0.1, 0.15) is 16.9 Å². The standard InChI is InChI=1S/C24H29ClN4O5/c1-24(2,3)34-23(33)27(4)11-12-28-13-14-29-19(22(28)32)10-9-18(21(29)31)20(30)26-15-16-5-7-17(25)8-6-16/h5-10H,11-15H2,1-4H3,(H,26,30). The van der Waals surface area contributed by atoms with Crippen LogP contribution in [0.4, 0.5) is 4.79 Å². The Balaban J connectivity index is 1.63. The van der Waals surface area contributed by atoms with Gasteiger partial charge in [0.05, 0.1) is 0 Å². The van der Waals surface area contributed by atoms with Crippen molar-refractivity contribution in [1.82, 2.24) is 19.7 Å². The molecular formula is C24H29ClN4O5. The fraction of sp³-hybridized carbons (Fsp3) is 0.417. The van der Waals surface area contributed by atoms with Crippen LogP contribution in [0.2, 0.25) is 5.02 Å². The number of amides is 3. The summed E-state index contributed by atoms with van der Waals surface area (Å²) in [5.74, 6) is -0.835. The number of fused-ring (bicyclic) bond motifs is 1. The van der Waals surface area contributed by atoms with Crippen molar-refractivity contribution in [3.8, 4) is 0 Å². The van der Waals surface area contributed by atoms with Gasteiger partial charge in [0.25, 0.3) is 17.4 Å². The lowest BCUT2D eigenvalue weighted by molar-refractivity contribution is 0.0273. The third-order valence-corrected chi connectivity index (χ3v) is 5.55. The van der Waals surface area contributed by atoms with Gasteiger partial charge in [-0.15, -0.1) is 0 Å². The van der Waals surface area contributed by atoms with Gasteiger partial charge < -0.3 is 24.4 Å². The van der Waals surface area contributed by atoms with Crippen LogP contribution in [0.1, 0.15) is 47.2 Å². The van der Waals surface area contributed by atoms with Crippen molar-refractivity contribution in [3.05, 3.63) is 68.6 Å². The van der Waals surface area contributed by atoms with Crippen LogP contribution in [-0.2, 0) is 17.8 Å². The van der Waals surface area contributed by atoms with Gasteiger partial charge in [0.15, 0.2) is 0 Å². The van der Waals surface area contributed by atoms with Crippen molar-refractivity contribution in [2.24, 2.45) is 0 Å². The summed E-state index contributed by atoms with van der Waals surface area (Å²) in [5.41, 5.74) is -0.0809. The van der Waals surface area contributed by atoms with E-state index in [1.807, 2.05) is 0 Å². The van der Waals surface area contributed by atoms with E-state index < -0.39 is 23.2 Å². The molecule has 3 amide bonds. The van der Waals surface area contributed by atoms with Crippen LogP contribution in [-0.4, -0.2) is 64.6 Å². The Morgan fingerprint density at radius 2 is 1.76 bits per heavy atom. The molecule has 0 radical (unpaired) electrons. The molecule has 2 heterocycles. The third-order valence-electron chi connectivity index (χ3n) is 5.30. The predicted octanol–water partition coefficient (Wildman–Crippen LogP) is 2.75. The second kappa shape index (κ2) is 10.3. The van der Waals surface area contributed by atoms with Crippen molar-refractivity contribution in [2.75, 3.05) is 26.7 Å². The van der Waals surface area contributed by atoms with Gasteiger partial charge in [-0.1, -0.05) is 23.7 Å². The molecule has 9 nitrogen and oxygen atoms in total. The number of nitrogens with one attached hydrogen (secondary N) is 1. The number of hydrogen-bond donors (Lipinski definition) is 1. The molecule has 1 N–H and O–H groups in total. The monoisotopic (exact) mass is 488 g/mol. The molecule has 0 bridgehead atoms. The number of hydrogen-bond acceptors (Lipinski definition) is 5. The van der Waals surface area contributed by atoms with E-state index in [4.69, 9.17) is 16.3 Å². The number of nitrogens with zero attached hydrogens (tertiary/aromatic N) is 3. The number of aromatic nitrogens is 1. The minimum absolute atomic E-state index is 0.0244. The molecule has 0 aliphatic carbocycles. The molecule has 0 spiro atoms. The Hall–Kier alpha value is -3.33. The van der Waals surface area contributed by atoms with Gasteiger partial charge in [0, 0.05) is 44.8 Å². The Morgan fingerprint density at radius 3 is 2.41 bits per heavy atom. The molecule has 3 rings (SSSR count). The minimum atomic E-state index is -0.606. The van der Waals surface area contributed by atoms with Gasteiger partial charge in [-0.2, -0.15) is 0 Å². The van der Waals surface area contributed by atoms with Crippen LogP contribution in [0.5, 0.6) is 0 Å². The largest absolute Gasteiger partial charge is 0.444 e. The summed E-state index contributed by atoms with van der Waals surface area (Å²) < 4.78 is 6.65. The van der Waals surface area contributed by atoms with Crippen LogP contribution in [0.3, 0.4) is 0 Å². The van der Waals surface area contributed by atoms with Gasteiger partial charge in [-0.05, 0) is 50.6 Å². The van der Waals surface area contributed by atoms with E-state index in [1.54, 1.807) is 57.0 Å². The summed E-state index contributed by atoms with van der Waals surface area (Å²) in [6.45, 7) is 6.74. The van der Waals surface area contributed by atoms with E-state index >= 15 is 0 Å². The lowest BCUT2D eigenvalue weighted by atomic mass is 10.1. The number of ether oxygens (including phenoxy) is 1. The van der Waals surface area contributed by atoms with Crippen LogP contribution in [0.15, 0.2) is 41.2 Å². The quantitative estimate of drug-likeness (QED) is 0.673. The molecule has 0 saturated carbocycles. The Labute approximate surface area is 203 Å². The zero-order valence-electron chi connectivity index (χ0n) is 19.8. The first-order chi connectivity index (χ1) is 16.0. The highest BCUT2D eigenvalue weighted by atomic mass is 35.5. The Kier molecular flexibility index (Phi) is 7.66. The highest BCUT2D eigenvalue weighted by molar-refractivity contribution is 6.30. The molecule has 2 aromatic rings. The number of likely N-dealkylation sites (N-methyl/N-ethyl adjacent to an activating group) is 1. The second-order valence-electron chi connectivity index (χ2n) is 9.09. The molecule has 0 atom stereocenters. The average Bonchev–Trinajstić information content (AvgIpc) is 2.77. The lowest BCUT2D eigenvalue weighted by Crippen LogP contribution is -2.48. The molecule has 1 aromatic heterocycles. The Bertz CT molecular complexity index is 1140. The maximum absolute atomic E-state index is 12.9. The number of rotatable bonds is 6. The zero-order chi connectivity index (χ0) is 25.0. The summed E-state index contributed by atoms with van der Waals surface area (Å²) in [5, 5.41) is 3.32. The van der Waals surface area contributed by atoms with Crippen LogP contribution in [0, 0.1) is 0 Å². The van der Waals surface area contributed by atoms with E-state index in [9.17, 15) is 19.2 Å². The van der Waals surface area contributed by atoms with E-state index in [1.165, 1.54) is 21.6 Å². The van der Waals surface area contributed by atoms with Crippen molar-refractivity contribution in [1.29, 1.82) is 0 Å². The van der Waals surface area contributed by atoms with Crippen molar-refractivity contribution in [3.63, 3.8) is 0 Å². The van der Waals surface area contributed by atoms with Gasteiger partial charge in [0.2, 0.25) is 0 Å². The second-order valence-corrected chi connectivity index (χ2v) is 9.53. The maximum atomic E-state index is 12.9. The fourth-order valence-electron chi connectivity index (χ4n) is 3.44. The molecular weight excluding hydrogens is 460 g/mol. The van der Waals surface area contributed by atoms with Gasteiger partial charge >= 0.3 is 6.09 Å². The molecule has 1 aromatic carbocycles. The summed E-state index contributed by atoms with van der Waals surface area (Å²) in [4.78, 5) is 53.5. The van der Waals surface area contributed by atoms with Crippen LogP contribution >= 0.6 is 11.6 Å². The molecule has 1 aliphatic rings. The number of halogens is 1. The molecule has 182 valence electrons. The fourth-order valence-corrected chi connectivity index (χ4v) is 3.57. The highest BCUT2D eigenvalue weighted by Gasteiger charge is 2.28. The number of carbonyl (C=O) groups excluding carboxylic acids is 3. The smallest absolute Gasteiger partial charge is 0.410 e. The van der Waals surface area contributed by atoms with Gasteiger partial charge in [-0.25, -0.2) is 4.79 Å². The summed E-state index contributed by atoms with van der Waals surface area (Å²) in [6.07, 6.45) is -0.470. The van der Waals surface area contributed by atoms with E-state index in [0.29, 0.717) is 18.1 Å². The highest BCUT2D eigenvalue weighted by Crippen LogP contribution is 2.13. The molecule has 0 fully saturated rings. The molecule has 0 saturated heterocycles. The van der Waals surface area contributed by atoms with Crippen LogP contribution in [0.25, 0.3) is 0 Å². The van der Waals surface area contributed by atoms with Crippen molar-refractivity contribution >= 4 is 29.5 Å². The SMILES string of the molecule is CN(CCN1CCn2c(ccc(C(=O)NCc3ccc(Cl)cc3)c2=O)C1=O)C(=O)OC(C)(C)C. The summed E-state index contributed by atoms with van der Waals surface area (Å²) >= 11 is 5.87. The molecule has 34 heavy (non-hydrogen) atoms. The molecule has 1 aliphatic heterocycles. The number of carbonyl (C=O) groups is 3. The normalized spacial score (nSPS) is 13.3. The Morgan fingerprint density at radius 1 is 1.09 bits per heavy atom. The summed E-state index contributed by atoms with van der Waals surface area (Å²) in [7, 11) is 1.61. The first kappa shape index (κ1) is 25.3. The first-order valence-electron chi connectivity index (χ1n) is 11.0. The van der Waals surface area contributed by atoms with E-state index in [-0.39, 0.29) is 36.8 Å². The van der Waals surface area contributed by atoms with E-state index in [2.05, 4.69) is 5.32 Å². The lowest BCUT2D eigenvalue weighted by Gasteiger charge is -2.31. The average molecular weight is 489 g/mol. The van der Waals surface area contributed by atoms with Crippen molar-refractivity contribution in [2.45, 2.75) is 39.5 Å². The van der Waals surface area contributed by atoms with Gasteiger partial charge in [-0.3, -0.25) is 14.4 Å². The zero-order valence-corrected chi connectivity index (χ0v) is 20.5.